The summed E-state index contributed by atoms with van der Waals surface area (Å²) >= 11 is 8.42. The monoisotopic (exact) mass is 331 g/mol. The number of hydrogen-bond donors (Lipinski definition) is 1. The second kappa shape index (κ2) is 6.51. The van der Waals surface area contributed by atoms with Crippen LogP contribution in [0.4, 0.5) is 10.1 Å². The maximum Gasteiger partial charge on any atom is 0.237 e. The Labute approximate surface area is 128 Å². The lowest BCUT2D eigenvalue weighted by Gasteiger charge is -2.10. The van der Waals surface area contributed by atoms with E-state index in [1.54, 1.807) is 6.92 Å². The number of nitrogens with one attached hydrogen (secondary N) is 1. The molecular formula is C12H11ClFN3OS2. The van der Waals surface area contributed by atoms with E-state index >= 15 is 0 Å². The Bertz CT molecular complexity index is 635. The average molecular weight is 332 g/mol. The molecule has 0 bridgehead atoms. The highest BCUT2D eigenvalue weighted by molar-refractivity contribution is 8.02. The number of anilines is 1. The third-order valence-electron chi connectivity index (χ3n) is 2.34. The maximum atomic E-state index is 13.0. The zero-order valence-corrected chi connectivity index (χ0v) is 13.1. The number of amides is 1. The van der Waals surface area contributed by atoms with E-state index in [0.29, 0.717) is 5.69 Å². The van der Waals surface area contributed by atoms with E-state index in [4.69, 9.17) is 11.6 Å². The van der Waals surface area contributed by atoms with E-state index in [2.05, 4.69) is 15.5 Å². The number of carbonyl (C=O) groups is 1. The van der Waals surface area contributed by atoms with E-state index < -0.39 is 5.82 Å². The lowest BCUT2D eigenvalue weighted by molar-refractivity contribution is -0.115. The Morgan fingerprint density at radius 3 is 2.85 bits per heavy atom. The van der Waals surface area contributed by atoms with Crippen molar-refractivity contribution in [2.24, 2.45) is 0 Å². The van der Waals surface area contributed by atoms with Crippen molar-refractivity contribution in [1.82, 2.24) is 10.2 Å². The van der Waals surface area contributed by atoms with Crippen LogP contribution in [0.25, 0.3) is 0 Å². The van der Waals surface area contributed by atoms with E-state index in [1.165, 1.54) is 41.3 Å². The molecule has 20 heavy (non-hydrogen) atoms. The fraction of sp³-hybridized carbons (Fsp3) is 0.250. The molecule has 1 N–H and O–H groups in total. The van der Waals surface area contributed by atoms with Crippen LogP contribution < -0.4 is 5.32 Å². The van der Waals surface area contributed by atoms with Gasteiger partial charge in [-0.2, -0.15) is 0 Å². The molecular weight excluding hydrogens is 321 g/mol. The molecule has 2 aromatic rings. The summed E-state index contributed by atoms with van der Waals surface area (Å²) in [6, 6.07) is 4.05. The zero-order valence-electron chi connectivity index (χ0n) is 10.7. The van der Waals surface area contributed by atoms with Crippen molar-refractivity contribution in [3.05, 3.63) is 34.0 Å². The molecule has 106 valence electrons. The SMILES string of the molecule is Cc1nnc(S[C@@H](C)C(=O)Nc2ccc(F)c(Cl)c2)s1. The summed E-state index contributed by atoms with van der Waals surface area (Å²) in [5.41, 5.74) is 0.460. The van der Waals surface area contributed by atoms with E-state index in [-0.39, 0.29) is 16.2 Å². The molecule has 1 aromatic carbocycles. The molecule has 0 fully saturated rings. The van der Waals surface area contributed by atoms with Crippen LogP contribution in [0.15, 0.2) is 22.5 Å². The van der Waals surface area contributed by atoms with Crippen molar-refractivity contribution in [1.29, 1.82) is 0 Å². The van der Waals surface area contributed by atoms with Gasteiger partial charge >= 0.3 is 0 Å². The lowest BCUT2D eigenvalue weighted by Crippen LogP contribution is -2.22. The Hall–Kier alpha value is -1.18. The van der Waals surface area contributed by atoms with E-state index in [1.807, 2.05) is 6.92 Å². The van der Waals surface area contributed by atoms with Crippen molar-refractivity contribution < 1.29 is 9.18 Å². The topological polar surface area (TPSA) is 54.9 Å². The predicted octanol–water partition coefficient (Wildman–Crippen LogP) is 3.76. The second-order valence-corrected chi connectivity index (χ2v) is 7.14. The molecule has 0 spiro atoms. The molecule has 1 heterocycles. The van der Waals surface area contributed by atoms with Crippen LogP contribution in [0, 0.1) is 12.7 Å². The molecule has 8 heteroatoms. The zero-order chi connectivity index (χ0) is 14.7. The van der Waals surface area contributed by atoms with Crippen molar-refractivity contribution in [2.75, 3.05) is 5.32 Å². The largest absolute Gasteiger partial charge is 0.325 e. The van der Waals surface area contributed by atoms with Crippen molar-refractivity contribution in [3.63, 3.8) is 0 Å². The highest BCUT2D eigenvalue weighted by Gasteiger charge is 2.17. The highest BCUT2D eigenvalue weighted by Crippen LogP contribution is 2.27. The third-order valence-corrected chi connectivity index (χ3v) is 4.65. The Morgan fingerprint density at radius 2 is 2.25 bits per heavy atom. The summed E-state index contributed by atoms with van der Waals surface area (Å²) < 4.78 is 13.8. The molecule has 1 aromatic heterocycles. The summed E-state index contributed by atoms with van der Waals surface area (Å²) in [7, 11) is 0. The van der Waals surface area contributed by atoms with Crippen LogP contribution in [0.1, 0.15) is 11.9 Å². The number of rotatable bonds is 4. The molecule has 0 aliphatic rings. The number of halogens is 2. The summed E-state index contributed by atoms with van der Waals surface area (Å²) in [6.07, 6.45) is 0. The van der Waals surface area contributed by atoms with Gasteiger partial charge in [0.05, 0.1) is 10.3 Å². The molecule has 4 nitrogen and oxygen atoms in total. The molecule has 0 saturated heterocycles. The normalized spacial score (nSPS) is 12.2. The van der Waals surface area contributed by atoms with Gasteiger partial charge in [-0.25, -0.2) is 4.39 Å². The van der Waals surface area contributed by atoms with Crippen molar-refractivity contribution in [3.8, 4) is 0 Å². The van der Waals surface area contributed by atoms with Gasteiger partial charge in [0.1, 0.15) is 10.8 Å². The summed E-state index contributed by atoms with van der Waals surface area (Å²) in [6.45, 7) is 3.62. The van der Waals surface area contributed by atoms with E-state index in [0.717, 1.165) is 9.35 Å². The third kappa shape index (κ3) is 3.91. The first-order valence-electron chi connectivity index (χ1n) is 5.68. The van der Waals surface area contributed by atoms with Crippen LogP contribution in [0.3, 0.4) is 0 Å². The molecule has 0 aliphatic carbocycles. The lowest BCUT2D eigenvalue weighted by atomic mass is 10.3. The van der Waals surface area contributed by atoms with Gasteiger partial charge in [0.25, 0.3) is 0 Å². The van der Waals surface area contributed by atoms with Gasteiger partial charge in [0, 0.05) is 5.69 Å². The number of hydrogen-bond acceptors (Lipinski definition) is 5. The molecule has 1 amide bonds. The molecule has 0 aliphatic heterocycles. The van der Waals surface area contributed by atoms with E-state index in [9.17, 15) is 9.18 Å². The van der Waals surface area contributed by atoms with Gasteiger partial charge in [0.15, 0.2) is 4.34 Å². The Morgan fingerprint density at radius 1 is 1.50 bits per heavy atom. The van der Waals surface area contributed by atoms with Crippen molar-refractivity contribution >= 4 is 46.3 Å². The average Bonchev–Trinajstić information content (AvgIpc) is 2.79. The van der Waals surface area contributed by atoms with Crippen molar-refractivity contribution in [2.45, 2.75) is 23.4 Å². The minimum atomic E-state index is -0.517. The summed E-state index contributed by atoms with van der Waals surface area (Å²) in [5, 5.41) is 11.0. The smallest absolute Gasteiger partial charge is 0.237 e. The number of benzene rings is 1. The van der Waals surface area contributed by atoms with Gasteiger partial charge in [-0.3, -0.25) is 4.79 Å². The van der Waals surface area contributed by atoms with Crippen LogP contribution in [-0.2, 0) is 4.79 Å². The molecule has 0 radical (unpaired) electrons. The standard InChI is InChI=1S/C12H11ClFN3OS2/c1-6(19-12-17-16-7(2)20-12)11(18)15-8-3-4-10(14)9(13)5-8/h3-6H,1-2H3,(H,15,18)/t6-/m0/s1. The number of carbonyl (C=O) groups excluding carboxylic acids is 1. The summed E-state index contributed by atoms with van der Waals surface area (Å²) in [4.78, 5) is 12.0. The highest BCUT2D eigenvalue weighted by atomic mass is 35.5. The number of aromatic nitrogens is 2. The number of thioether (sulfide) groups is 1. The van der Waals surface area contributed by atoms with Gasteiger partial charge < -0.3 is 5.32 Å². The first-order valence-corrected chi connectivity index (χ1v) is 7.76. The molecule has 2 rings (SSSR count). The Balaban J connectivity index is 1.98. The first kappa shape index (κ1) is 15.2. The first-order chi connectivity index (χ1) is 9.45. The van der Waals surface area contributed by atoms with Gasteiger partial charge in [0.2, 0.25) is 5.91 Å². The van der Waals surface area contributed by atoms with Crippen LogP contribution in [-0.4, -0.2) is 21.4 Å². The fourth-order valence-electron chi connectivity index (χ4n) is 1.35. The number of aryl methyl sites for hydroxylation is 1. The van der Waals surface area contributed by atoms with Crippen LogP contribution in [0.5, 0.6) is 0 Å². The molecule has 0 unspecified atom stereocenters. The quantitative estimate of drug-likeness (QED) is 0.867. The van der Waals surface area contributed by atoms with Crippen LogP contribution in [0.2, 0.25) is 5.02 Å². The minimum absolute atomic E-state index is 0.0251. The molecule has 0 saturated carbocycles. The number of nitrogens with zero attached hydrogens (tertiary/aromatic N) is 2. The van der Waals surface area contributed by atoms with Gasteiger partial charge in [-0.15, -0.1) is 10.2 Å². The maximum absolute atomic E-state index is 13.0. The fourth-order valence-corrected chi connectivity index (χ4v) is 3.49. The molecule has 1 atom stereocenters. The van der Waals surface area contributed by atoms with Crippen LogP contribution >= 0.6 is 34.7 Å². The second-order valence-electron chi connectivity index (χ2n) is 3.97. The van der Waals surface area contributed by atoms with Gasteiger partial charge in [-0.1, -0.05) is 34.7 Å². The van der Waals surface area contributed by atoms with Gasteiger partial charge in [-0.05, 0) is 32.0 Å². The predicted molar refractivity (Wildman–Crippen MR) is 80.0 cm³/mol. The Kier molecular flexibility index (Phi) is 4.95. The summed E-state index contributed by atoms with van der Waals surface area (Å²) in [5.74, 6) is -0.720. The minimum Gasteiger partial charge on any atom is -0.325 e.